The Bertz CT molecular complexity index is 2150. The van der Waals surface area contributed by atoms with Crippen molar-refractivity contribution in [3.63, 3.8) is 0 Å². The van der Waals surface area contributed by atoms with E-state index >= 15 is 0 Å². The Kier molecular flexibility index (Phi) is 7.32. The molecule has 262 valence electrons. The summed E-state index contributed by atoms with van der Waals surface area (Å²) in [5.74, 6) is -2.70. The second-order valence-corrected chi connectivity index (χ2v) is 14.1. The number of nitrogens with two attached hydrogens (primary N) is 1. The van der Waals surface area contributed by atoms with Crippen molar-refractivity contribution in [1.82, 2.24) is 29.7 Å². The molecule has 8 rings (SSSR count). The van der Waals surface area contributed by atoms with E-state index in [0.717, 1.165) is 30.6 Å². The highest BCUT2D eigenvalue weighted by atomic mass is 16.2. The highest BCUT2D eigenvalue weighted by Crippen LogP contribution is 2.60. The number of carbonyl (C=O) groups is 6. The predicted molar refractivity (Wildman–Crippen MR) is 181 cm³/mol. The number of benzene rings is 1. The fourth-order valence-electron chi connectivity index (χ4n) is 8.16. The molecule has 5 heterocycles. The number of aryl methyl sites for hydroxylation is 1. The Morgan fingerprint density at radius 2 is 1.67 bits per heavy atom. The molecule has 2 aliphatic carbocycles. The smallest absolute Gasteiger partial charge is 0.276 e. The van der Waals surface area contributed by atoms with E-state index in [9.17, 15) is 33.6 Å². The molecule has 1 unspecified atom stereocenters. The Morgan fingerprint density at radius 3 is 2.37 bits per heavy atom. The average molecular weight is 694 g/mol. The van der Waals surface area contributed by atoms with Gasteiger partial charge in [-0.05, 0) is 87.1 Å². The molecule has 5 aliphatic rings. The number of rotatable bonds is 7. The van der Waals surface area contributed by atoms with Crippen LogP contribution in [-0.2, 0) is 20.0 Å². The Balaban J connectivity index is 1.02. The van der Waals surface area contributed by atoms with E-state index in [1.54, 1.807) is 22.5 Å². The summed E-state index contributed by atoms with van der Waals surface area (Å²) < 4.78 is 1.61. The number of piperidine rings is 1. The van der Waals surface area contributed by atoms with Gasteiger partial charge >= 0.3 is 0 Å². The van der Waals surface area contributed by atoms with Crippen molar-refractivity contribution in [2.45, 2.75) is 76.4 Å². The highest BCUT2D eigenvalue weighted by Gasteiger charge is 2.57. The number of fused-ring (bicyclic) bond motifs is 3. The van der Waals surface area contributed by atoms with Crippen molar-refractivity contribution in [2.24, 2.45) is 5.41 Å². The number of nitrogens with one attached hydrogen (secondary N) is 3. The summed E-state index contributed by atoms with van der Waals surface area (Å²) in [5.41, 5.74) is 6.27. The van der Waals surface area contributed by atoms with E-state index in [2.05, 4.69) is 25.9 Å². The Labute approximate surface area is 290 Å². The van der Waals surface area contributed by atoms with Gasteiger partial charge in [0.1, 0.15) is 41.0 Å². The quantitative estimate of drug-likeness (QED) is 0.263. The van der Waals surface area contributed by atoms with Crippen LogP contribution in [0.1, 0.15) is 94.6 Å². The van der Waals surface area contributed by atoms with Gasteiger partial charge in [-0.3, -0.25) is 48.3 Å². The van der Waals surface area contributed by atoms with Crippen LogP contribution in [-0.4, -0.2) is 72.4 Å². The standard InChI is InChI=1S/C35H35N9O7/c1-18-14-22(40-25-16-24(36)37-17-38-25)32(50)44-28(18)33(51)42(35(44)11-9-34(7-8-34)10-12-35)13-6-27(46)39-19-2-3-20-21(15-19)31(49)43(30(20)48)23-4-5-26(45)41-29(23)47/h2-3,14-17,23H,4-13H2,1H3,(H,39,46)(H,41,45,47)(H3,36,37,38,40). The molecule has 1 saturated heterocycles. The fourth-order valence-corrected chi connectivity index (χ4v) is 8.16. The third-order valence-electron chi connectivity index (χ3n) is 11.1. The molecule has 6 amide bonds. The van der Waals surface area contributed by atoms with Gasteiger partial charge in [0, 0.05) is 31.1 Å². The number of hydrogen-bond acceptors (Lipinski definition) is 11. The molecule has 16 heteroatoms. The lowest BCUT2D eigenvalue weighted by Gasteiger charge is -2.44. The molecule has 3 fully saturated rings. The lowest BCUT2D eigenvalue weighted by atomic mass is 9.78. The van der Waals surface area contributed by atoms with Crippen LogP contribution in [0.3, 0.4) is 0 Å². The van der Waals surface area contributed by atoms with Crippen molar-refractivity contribution in [3.8, 4) is 0 Å². The zero-order chi connectivity index (χ0) is 35.8. The first-order valence-corrected chi connectivity index (χ1v) is 17.0. The largest absolute Gasteiger partial charge is 0.384 e. The molecule has 3 aromatic rings. The summed E-state index contributed by atoms with van der Waals surface area (Å²) in [6, 6.07) is 6.33. The first-order valence-electron chi connectivity index (χ1n) is 17.0. The number of carbonyl (C=O) groups excluding carboxylic acids is 6. The topological polar surface area (TPSA) is 219 Å². The van der Waals surface area contributed by atoms with Crippen LogP contribution in [0.25, 0.3) is 0 Å². The number of pyridine rings is 1. The van der Waals surface area contributed by atoms with Gasteiger partial charge < -0.3 is 21.3 Å². The molecule has 2 spiro atoms. The number of aromatic nitrogens is 3. The van der Waals surface area contributed by atoms with Gasteiger partial charge in [-0.2, -0.15) is 0 Å². The SMILES string of the molecule is Cc1cc(Nc2cc(N)ncn2)c(=O)n2c1C(=O)N(CCC(=O)Nc1ccc3c(c1)C(=O)N(C1CCC(=O)NC1=O)C3=O)C21CCC2(CC2)CC1. The molecule has 5 N–H and O–H groups in total. The summed E-state index contributed by atoms with van der Waals surface area (Å²) >= 11 is 0. The van der Waals surface area contributed by atoms with Gasteiger partial charge in [0.05, 0.1) is 11.1 Å². The minimum absolute atomic E-state index is 0.00275. The van der Waals surface area contributed by atoms with Crippen LogP contribution in [0.15, 0.2) is 41.5 Å². The monoisotopic (exact) mass is 693 g/mol. The highest BCUT2D eigenvalue weighted by molar-refractivity contribution is 6.24. The molecule has 3 aliphatic heterocycles. The van der Waals surface area contributed by atoms with Crippen LogP contribution < -0.4 is 27.2 Å². The first-order chi connectivity index (χ1) is 24.4. The van der Waals surface area contributed by atoms with Gasteiger partial charge in [0.25, 0.3) is 23.3 Å². The minimum atomic E-state index is -1.11. The number of amides is 6. The summed E-state index contributed by atoms with van der Waals surface area (Å²) in [7, 11) is 0. The van der Waals surface area contributed by atoms with Crippen LogP contribution in [0.5, 0.6) is 0 Å². The number of nitrogen functional groups attached to an aromatic ring is 1. The molecule has 0 bridgehead atoms. The third-order valence-corrected chi connectivity index (χ3v) is 11.1. The second-order valence-electron chi connectivity index (χ2n) is 14.1. The van der Waals surface area contributed by atoms with Crippen LogP contribution in [0.4, 0.5) is 23.0 Å². The van der Waals surface area contributed by atoms with Crippen LogP contribution >= 0.6 is 0 Å². The number of imide groups is 2. The Hall–Kier alpha value is -5.93. The lowest BCUT2D eigenvalue weighted by molar-refractivity contribution is -0.136. The van der Waals surface area contributed by atoms with Gasteiger partial charge in [0.2, 0.25) is 17.7 Å². The number of hydrogen-bond donors (Lipinski definition) is 4. The molecule has 2 saturated carbocycles. The van der Waals surface area contributed by atoms with Gasteiger partial charge in [-0.25, -0.2) is 9.97 Å². The normalized spacial score (nSPS) is 21.2. The molecule has 2 aromatic heterocycles. The molecular weight excluding hydrogens is 658 g/mol. The maximum Gasteiger partial charge on any atom is 0.276 e. The summed E-state index contributed by atoms with van der Waals surface area (Å²) in [4.78, 5) is 103. The molecule has 16 nitrogen and oxygen atoms in total. The lowest BCUT2D eigenvalue weighted by Crippen LogP contribution is -2.54. The predicted octanol–water partition coefficient (Wildman–Crippen LogP) is 2.17. The van der Waals surface area contributed by atoms with Crippen molar-refractivity contribution < 1.29 is 28.8 Å². The van der Waals surface area contributed by atoms with E-state index in [4.69, 9.17) is 5.73 Å². The minimum Gasteiger partial charge on any atom is -0.384 e. The first kappa shape index (κ1) is 32.3. The number of nitrogens with zero attached hydrogens (tertiary/aromatic N) is 5. The average Bonchev–Trinajstić information content (AvgIpc) is 3.75. The maximum absolute atomic E-state index is 14.2. The summed E-state index contributed by atoms with van der Waals surface area (Å²) in [6.07, 6.45) is 6.32. The molecular formula is C35H35N9O7. The van der Waals surface area contributed by atoms with Crippen molar-refractivity contribution in [3.05, 3.63) is 69.4 Å². The third kappa shape index (κ3) is 5.23. The van der Waals surface area contributed by atoms with Crippen molar-refractivity contribution >= 4 is 58.5 Å². The molecule has 51 heavy (non-hydrogen) atoms. The summed E-state index contributed by atoms with van der Waals surface area (Å²) in [5, 5.41) is 7.99. The van der Waals surface area contributed by atoms with Gasteiger partial charge in [0.15, 0.2) is 0 Å². The van der Waals surface area contributed by atoms with E-state index in [1.165, 1.54) is 30.6 Å². The van der Waals surface area contributed by atoms with Crippen LogP contribution in [0, 0.1) is 12.3 Å². The van der Waals surface area contributed by atoms with E-state index in [0.29, 0.717) is 29.9 Å². The van der Waals surface area contributed by atoms with E-state index in [-0.39, 0.29) is 71.0 Å². The fraction of sp³-hybridized carbons (Fsp3) is 0.400. The Morgan fingerprint density at radius 1 is 0.941 bits per heavy atom. The van der Waals surface area contributed by atoms with E-state index < -0.39 is 41.2 Å². The van der Waals surface area contributed by atoms with Crippen molar-refractivity contribution in [2.75, 3.05) is 22.9 Å². The maximum atomic E-state index is 14.2. The zero-order valence-corrected chi connectivity index (χ0v) is 27.8. The van der Waals surface area contributed by atoms with E-state index in [1.807, 2.05) is 0 Å². The van der Waals surface area contributed by atoms with Gasteiger partial charge in [-0.1, -0.05) is 0 Å². The van der Waals surface area contributed by atoms with Crippen molar-refractivity contribution in [1.29, 1.82) is 0 Å². The van der Waals surface area contributed by atoms with Crippen LogP contribution in [0.2, 0.25) is 0 Å². The second kappa shape index (κ2) is 11.6. The number of anilines is 4. The summed E-state index contributed by atoms with van der Waals surface area (Å²) in [6.45, 7) is 1.81. The molecule has 1 atom stereocenters. The van der Waals surface area contributed by atoms with Gasteiger partial charge in [-0.15, -0.1) is 0 Å². The zero-order valence-electron chi connectivity index (χ0n) is 27.8. The molecule has 1 aromatic carbocycles. The molecule has 0 radical (unpaired) electrons.